The molecule has 0 bridgehead atoms. The third-order valence-electron chi connectivity index (χ3n) is 4.53. The van der Waals surface area contributed by atoms with Crippen LogP contribution >= 0.6 is 0 Å². The minimum absolute atomic E-state index is 0.110. The summed E-state index contributed by atoms with van der Waals surface area (Å²) in [5.74, 6) is -0.424. The van der Waals surface area contributed by atoms with Crippen LogP contribution in [-0.4, -0.2) is 46.4 Å². The Hall–Kier alpha value is -2.80. The van der Waals surface area contributed by atoms with Crippen LogP contribution in [0.25, 0.3) is 0 Å². The molecule has 7 heteroatoms. The number of ether oxygens (including phenoxy) is 1. The van der Waals surface area contributed by atoms with Gasteiger partial charge in [-0.2, -0.15) is 0 Å². The number of rotatable bonds is 4. The number of nitrogens with one attached hydrogen (secondary N) is 1. The van der Waals surface area contributed by atoms with Crippen LogP contribution < -0.4 is 5.32 Å². The molecule has 0 radical (unpaired) electrons. The molecule has 1 fully saturated rings. The van der Waals surface area contributed by atoms with Gasteiger partial charge in [0.05, 0.1) is 30.2 Å². The molecule has 0 saturated carbocycles. The van der Waals surface area contributed by atoms with Gasteiger partial charge in [0.1, 0.15) is 6.61 Å². The summed E-state index contributed by atoms with van der Waals surface area (Å²) >= 11 is 0. The van der Waals surface area contributed by atoms with Gasteiger partial charge in [-0.05, 0) is 25.0 Å². The van der Waals surface area contributed by atoms with Gasteiger partial charge in [-0.1, -0.05) is 24.3 Å². The van der Waals surface area contributed by atoms with Crippen LogP contribution in [0.2, 0.25) is 0 Å². The summed E-state index contributed by atoms with van der Waals surface area (Å²) in [7, 11) is 1.70. The number of carbonyl (C=O) groups is 2. The fourth-order valence-corrected chi connectivity index (χ4v) is 3.01. The number of carbonyl (C=O) groups excluding carboxylic acids is 2. The summed E-state index contributed by atoms with van der Waals surface area (Å²) in [5, 5.41) is 2.84. The minimum Gasteiger partial charge on any atom is -0.356 e. The van der Waals surface area contributed by atoms with Crippen LogP contribution in [0.4, 0.5) is 0 Å². The lowest BCUT2D eigenvalue weighted by Gasteiger charge is -2.38. The summed E-state index contributed by atoms with van der Waals surface area (Å²) in [6.07, 6.45) is 2.50. The summed E-state index contributed by atoms with van der Waals surface area (Å²) in [6, 6.07) is 7.23. The molecule has 3 rings (SSSR count). The van der Waals surface area contributed by atoms with Crippen molar-refractivity contribution < 1.29 is 14.3 Å². The number of benzene rings is 1. The molecule has 2 heterocycles. The van der Waals surface area contributed by atoms with E-state index < -0.39 is 12.1 Å². The van der Waals surface area contributed by atoms with Gasteiger partial charge < -0.3 is 15.0 Å². The first-order valence-corrected chi connectivity index (χ1v) is 8.45. The van der Waals surface area contributed by atoms with Crippen LogP contribution in [0.15, 0.2) is 36.7 Å². The van der Waals surface area contributed by atoms with Gasteiger partial charge in [0.15, 0.2) is 6.10 Å². The topological polar surface area (TPSA) is 84.4 Å². The second kappa shape index (κ2) is 7.61. The summed E-state index contributed by atoms with van der Waals surface area (Å²) in [4.78, 5) is 34.9. The zero-order valence-electron chi connectivity index (χ0n) is 15.1. The number of morpholine rings is 1. The Labute approximate surface area is 152 Å². The maximum absolute atomic E-state index is 12.8. The highest BCUT2D eigenvalue weighted by atomic mass is 16.5. The van der Waals surface area contributed by atoms with E-state index in [0.717, 1.165) is 16.8 Å². The molecule has 1 aliphatic rings. The van der Waals surface area contributed by atoms with Crippen molar-refractivity contribution in [2.45, 2.75) is 32.5 Å². The largest absolute Gasteiger partial charge is 0.356 e. The Morgan fingerprint density at radius 2 is 2.04 bits per heavy atom. The molecule has 2 unspecified atom stereocenters. The number of hydrogen-bond acceptors (Lipinski definition) is 5. The first kappa shape index (κ1) is 18.0. The molecule has 7 nitrogen and oxygen atoms in total. The summed E-state index contributed by atoms with van der Waals surface area (Å²) < 4.78 is 5.61. The lowest BCUT2D eigenvalue weighted by atomic mass is 9.94. The number of likely N-dealkylation sites (N-methyl/N-ethyl adjacent to an activating group) is 1. The molecule has 1 aromatic carbocycles. The molecule has 0 spiro atoms. The number of aromatic nitrogens is 2. The van der Waals surface area contributed by atoms with Crippen LogP contribution in [0, 0.1) is 13.8 Å². The van der Waals surface area contributed by atoms with E-state index in [1.165, 1.54) is 0 Å². The summed E-state index contributed by atoms with van der Waals surface area (Å²) in [6.45, 7) is 3.95. The third-order valence-corrected chi connectivity index (χ3v) is 4.53. The van der Waals surface area contributed by atoms with Gasteiger partial charge in [0.2, 0.25) is 5.91 Å². The van der Waals surface area contributed by atoms with Crippen LogP contribution in [0.1, 0.15) is 28.6 Å². The van der Waals surface area contributed by atoms with E-state index in [4.69, 9.17) is 4.74 Å². The Morgan fingerprint density at radius 3 is 2.73 bits per heavy atom. The van der Waals surface area contributed by atoms with Gasteiger partial charge in [-0.25, -0.2) is 0 Å². The van der Waals surface area contributed by atoms with E-state index >= 15 is 0 Å². The van der Waals surface area contributed by atoms with Crippen LogP contribution in [0.3, 0.4) is 0 Å². The van der Waals surface area contributed by atoms with Crippen molar-refractivity contribution in [2.24, 2.45) is 0 Å². The molecular formula is C19H22N4O3. The SMILES string of the molecule is Cc1cnc(CNC(=O)C2OCC(=O)N(C)C2c2ccccc2C)cn1. The lowest BCUT2D eigenvalue weighted by Crippen LogP contribution is -2.53. The maximum atomic E-state index is 12.8. The molecule has 136 valence electrons. The van der Waals surface area contributed by atoms with Crippen molar-refractivity contribution in [3.63, 3.8) is 0 Å². The van der Waals surface area contributed by atoms with Crippen LogP contribution in [0.5, 0.6) is 0 Å². The van der Waals surface area contributed by atoms with Gasteiger partial charge in [-0.3, -0.25) is 19.6 Å². The van der Waals surface area contributed by atoms with Gasteiger partial charge in [0.25, 0.3) is 5.91 Å². The second-order valence-electron chi connectivity index (χ2n) is 6.40. The fourth-order valence-electron chi connectivity index (χ4n) is 3.01. The normalized spacial score (nSPS) is 20.1. The molecule has 1 saturated heterocycles. The lowest BCUT2D eigenvalue weighted by molar-refractivity contribution is -0.162. The quantitative estimate of drug-likeness (QED) is 0.895. The Morgan fingerprint density at radius 1 is 1.27 bits per heavy atom. The first-order valence-electron chi connectivity index (χ1n) is 8.45. The highest BCUT2D eigenvalue weighted by molar-refractivity contribution is 5.86. The highest BCUT2D eigenvalue weighted by Crippen LogP contribution is 2.31. The Bertz CT molecular complexity index is 807. The molecular weight excluding hydrogens is 332 g/mol. The Balaban J connectivity index is 1.79. The minimum atomic E-state index is -0.780. The van der Waals surface area contributed by atoms with E-state index in [2.05, 4.69) is 15.3 Å². The molecule has 0 aliphatic carbocycles. The summed E-state index contributed by atoms with van der Waals surface area (Å²) in [5.41, 5.74) is 3.38. The predicted octanol–water partition coefficient (Wildman–Crippen LogP) is 1.31. The van der Waals surface area contributed by atoms with Crippen LogP contribution in [-0.2, 0) is 20.9 Å². The van der Waals surface area contributed by atoms with E-state index in [9.17, 15) is 9.59 Å². The smallest absolute Gasteiger partial charge is 0.252 e. The molecule has 2 amide bonds. The molecule has 1 aliphatic heterocycles. The van der Waals surface area contributed by atoms with E-state index in [1.54, 1.807) is 24.3 Å². The molecule has 26 heavy (non-hydrogen) atoms. The van der Waals surface area contributed by atoms with E-state index in [1.807, 2.05) is 38.1 Å². The first-order chi connectivity index (χ1) is 12.5. The second-order valence-corrected chi connectivity index (χ2v) is 6.40. The van der Waals surface area contributed by atoms with Crippen molar-refractivity contribution in [3.8, 4) is 0 Å². The number of aryl methyl sites for hydroxylation is 2. The average Bonchev–Trinajstić information content (AvgIpc) is 2.64. The zero-order chi connectivity index (χ0) is 18.7. The fraction of sp³-hybridized carbons (Fsp3) is 0.368. The van der Waals surface area contributed by atoms with E-state index in [-0.39, 0.29) is 25.0 Å². The standard InChI is InChI=1S/C19H22N4O3/c1-12-6-4-5-7-15(12)17-18(26-11-16(24)23(17)3)19(25)22-10-14-9-20-13(2)8-21-14/h4-9,17-18H,10-11H2,1-3H3,(H,22,25). The predicted molar refractivity (Wildman–Crippen MR) is 95.0 cm³/mol. The maximum Gasteiger partial charge on any atom is 0.252 e. The van der Waals surface area contributed by atoms with Crippen molar-refractivity contribution in [2.75, 3.05) is 13.7 Å². The third kappa shape index (κ3) is 3.72. The monoisotopic (exact) mass is 354 g/mol. The van der Waals surface area contributed by atoms with Crippen molar-refractivity contribution in [1.29, 1.82) is 0 Å². The highest BCUT2D eigenvalue weighted by Gasteiger charge is 2.40. The number of hydrogen-bond donors (Lipinski definition) is 1. The van der Waals surface area contributed by atoms with Crippen molar-refractivity contribution in [3.05, 3.63) is 59.2 Å². The molecule has 2 aromatic rings. The molecule has 1 aromatic heterocycles. The average molecular weight is 354 g/mol. The van der Waals surface area contributed by atoms with Gasteiger partial charge >= 0.3 is 0 Å². The molecule has 2 atom stereocenters. The zero-order valence-corrected chi connectivity index (χ0v) is 15.1. The van der Waals surface area contributed by atoms with Crippen molar-refractivity contribution >= 4 is 11.8 Å². The van der Waals surface area contributed by atoms with Gasteiger partial charge in [-0.15, -0.1) is 0 Å². The number of nitrogens with zero attached hydrogens (tertiary/aromatic N) is 3. The van der Waals surface area contributed by atoms with E-state index in [0.29, 0.717) is 5.69 Å². The van der Waals surface area contributed by atoms with Gasteiger partial charge in [0, 0.05) is 13.2 Å². The Kier molecular flexibility index (Phi) is 5.27. The number of amides is 2. The van der Waals surface area contributed by atoms with Crippen molar-refractivity contribution in [1.82, 2.24) is 20.2 Å². The molecule has 1 N–H and O–H groups in total.